The summed E-state index contributed by atoms with van der Waals surface area (Å²) in [5.74, 6) is 2.47. The van der Waals surface area contributed by atoms with E-state index in [0.717, 1.165) is 65.9 Å². The number of ether oxygens (including phenoxy) is 1. The Labute approximate surface area is 229 Å². The van der Waals surface area contributed by atoms with Crippen molar-refractivity contribution in [2.75, 3.05) is 12.8 Å². The Kier molecular flexibility index (Phi) is 8.07. The van der Waals surface area contributed by atoms with Crippen LogP contribution in [0.4, 0.5) is 5.82 Å². The summed E-state index contributed by atoms with van der Waals surface area (Å²) in [6.07, 6.45) is 5.87. The number of rotatable bonds is 9. The molecule has 204 valence electrons. The van der Waals surface area contributed by atoms with Crippen LogP contribution in [0.1, 0.15) is 52.0 Å². The van der Waals surface area contributed by atoms with Crippen LogP contribution in [0.25, 0.3) is 22.3 Å². The minimum Gasteiger partial charge on any atom is -0.457 e. The highest BCUT2D eigenvalue weighted by atomic mass is 16.5. The summed E-state index contributed by atoms with van der Waals surface area (Å²) in [7, 11) is 1.85. The lowest BCUT2D eigenvalue weighted by atomic mass is 9.90. The molecule has 5 rings (SSSR count). The number of benzene rings is 2. The fraction of sp³-hybridized carbons (Fsp3) is 0.400. The maximum atomic E-state index is 12.8. The van der Waals surface area contributed by atoms with Gasteiger partial charge in [-0.15, -0.1) is 0 Å². The molecule has 4 aromatic rings. The summed E-state index contributed by atoms with van der Waals surface area (Å²) >= 11 is 0. The van der Waals surface area contributed by atoms with Crippen molar-refractivity contribution in [3.63, 3.8) is 0 Å². The van der Waals surface area contributed by atoms with Crippen LogP contribution in [0.15, 0.2) is 60.9 Å². The van der Waals surface area contributed by atoms with Crippen LogP contribution >= 0.6 is 0 Å². The predicted octanol–water partition coefficient (Wildman–Crippen LogP) is 5.10. The Hall–Kier alpha value is -3.98. The van der Waals surface area contributed by atoms with Crippen molar-refractivity contribution in [3.05, 3.63) is 60.9 Å². The molecule has 1 unspecified atom stereocenters. The summed E-state index contributed by atoms with van der Waals surface area (Å²) < 4.78 is 7.95. The van der Waals surface area contributed by atoms with Gasteiger partial charge in [-0.2, -0.15) is 5.10 Å². The Balaban J connectivity index is 1.32. The third-order valence-corrected chi connectivity index (χ3v) is 7.39. The number of likely N-dealkylation sites (N-methyl/N-ethyl adjacent to an activating group) is 1. The van der Waals surface area contributed by atoms with Crippen LogP contribution in [0, 0.1) is 5.92 Å². The average Bonchev–Trinajstić information content (AvgIpc) is 3.34. The summed E-state index contributed by atoms with van der Waals surface area (Å²) in [4.78, 5) is 21.6. The van der Waals surface area contributed by atoms with E-state index in [1.54, 1.807) is 0 Å². The number of anilines is 1. The Morgan fingerprint density at radius 2 is 1.72 bits per heavy atom. The zero-order chi connectivity index (χ0) is 27.4. The molecule has 1 aliphatic carbocycles. The van der Waals surface area contributed by atoms with Crippen molar-refractivity contribution in [2.45, 2.75) is 64.1 Å². The fourth-order valence-electron chi connectivity index (χ4n) is 5.35. The number of nitrogens with two attached hydrogens (primary N) is 1. The lowest BCUT2D eigenvalue weighted by Gasteiger charge is -2.30. The number of nitrogens with zero attached hydrogens (tertiary/aromatic N) is 4. The van der Waals surface area contributed by atoms with E-state index in [4.69, 9.17) is 15.6 Å². The van der Waals surface area contributed by atoms with Gasteiger partial charge in [0.2, 0.25) is 5.91 Å². The number of aromatic nitrogens is 4. The van der Waals surface area contributed by atoms with E-state index in [0.29, 0.717) is 11.7 Å². The molecule has 0 saturated heterocycles. The number of para-hydroxylation sites is 1. The van der Waals surface area contributed by atoms with Crippen LogP contribution in [0.2, 0.25) is 0 Å². The first-order chi connectivity index (χ1) is 18.9. The normalized spacial score (nSPS) is 18.3. The smallest absolute Gasteiger partial charge is 0.237 e. The van der Waals surface area contributed by atoms with Gasteiger partial charge >= 0.3 is 0 Å². The van der Waals surface area contributed by atoms with Crippen LogP contribution in [0.5, 0.6) is 11.5 Å². The van der Waals surface area contributed by atoms with E-state index >= 15 is 0 Å². The molecule has 0 spiro atoms. The number of fused-ring (bicyclic) bond motifs is 1. The number of hydrogen-bond donors (Lipinski definition) is 3. The minimum absolute atomic E-state index is 0.0849. The largest absolute Gasteiger partial charge is 0.457 e. The van der Waals surface area contributed by atoms with Gasteiger partial charge in [-0.3, -0.25) is 4.79 Å². The van der Waals surface area contributed by atoms with Crippen molar-refractivity contribution >= 4 is 22.8 Å². The van der Waals surface area contributed by atoms with Gasteiger partial charge in [0.25, 0.3) is 0 Å². The molecule has 9 nitrogen and oxygen atoms in total. The number of hydrogen-bond acceptors (Lipinski definition) is 7. The van der Waals surface area contributed by atoms with E-state index < -0.39 is 0 Å². The van der Waals surface area contributed by atoms with E-state index in [9.17, 15) is 4.79 Å². The van der Waals surface area contributed by atoms with Crippen LogP contribution in [0.3, 0.4) is 0 Å². The van der Waals surface area contributed by atoms with Gasteiger partial charge < -0.3 is 21.1 Å². The summed E-state index contributed by atoms with van der Waals surface area (Å²) in [6.45, 7) is 4.27. The van der Waals surface area contributed by atoms with Crippen molar-refractivity contribution in [2.24, 2.45) is 5.92 Å². The Morgan fingerprint density at radius 1 is 1.03 bits per heavy atom. The first-order valence-corrected chi connectivity index (χ1v) is 13.7. The maximum absolute atomic E-state index is 12.8. The number of carbonyl (C=O) groups excluding carboxylic acids is 1. The van der Waals surface area contributed by atoms with Crippen molar-refractivity contribution in [1.29, 1.82) is 0 Å². The van der Waals surface area contributed by atoms with Crippen LogP contribution < -0.4 is 21.1 Å². The monoisotopic (exact) mass is 527 g/mol. The molecular formula is C30H37N7O2. The zero-order valence-corrected chi connectivity index (χ0v) is 22.8. The molecule has 1 saturated carbocycles. The van der Waals surface area contributed by atoms with Crippen molar-refractivity contribution in [3.8, 4) is 22.8 Å². The SMILES string of the molecule is CNC(CC(C)C)C(=O)NC1CCC(n2nc(-c3ccc(Oc4ccccc4)cc3)c3c(N)ncnc32)CC1. The second kappa shape index (κ2) is 11.8. The number of amides is 1. The molecule has 4 N–H and O–H groups in total. The highest BCUT2D eigenvalue weighted by molar-refractivity contribution is 5.98. The fourth-order valence-corrected chi connectivity index (χ4v) is 5.35. The standard InChI is InChI=1S/C30H37N7O2/c1-19(2)17-25(32-3)30(38)35-21-11-13-22(14-12-21)37-29-26(28(31)33-18-34-29)27(36-37)20-9-15-24(16-10-20)39-23-7-5-4-6-8-23/h4-10,15-16,18-19,21-22,25,32H,11-14,17H2,1-3H3,(H,35,38)(H2,31,33,34). The van der Waals surface area contributed by atoms with E-state index in [1.165, 1.54) is 6.33 Å². The highest BCUT2D eigenvalue weighted by Crippen LogP contribution is 2.36. The number of nitrogen functional groups attached to an aromatic ring is 1. The molecule has 2 aromatic heterocycles. The predicted molar refractivity (Wildman–Crippen MR) is 153 cm³/mol. The second-order valence-corrected chi connectivity index (χ2v) is 10.7. The first kappa shape index (κ1) is 26.6. The molecule has 0 aliphatic heterocycles. The van der Waals surface area contributed by atoms with Gasteiger partial charge in [-0.05, 0) is 81.5 Å². The van der Waals surface area contributed by atoms with E-state index in [1.807, 2.05) is 66.3 Å². The molecule has 1 aliphatic rings. The number of carbonyl (C=O) groups is 1. The molecule has 1 fully saturated rings. The quantitative estimate of drug-likeness (QED) is 0.277. The molecule has 39 heavy (non-hydrogen) atoms. The molecule has 2 heterocycles. The third-order valence-electron chi connectivity index (χ3n) is 7.39. The van der Waals surface area contributed by atoms with Gasteiger partial charge in [-0.25, -0.2) is 14.6 Å². The number of nitrogens with one attached hydrogen (secondary N) is 2. The molecular weight excluding hydrogens is 490 g/mol. The minimum atomic E-state index is -0.163. The van der Waals surface area contributed by atoms with Gasteiger partial charge in [0.15, 0.2) is 5.65 Å². The molecule has 0 bridgehead atoms. The molecule has 1 atom stereocenters. The van der Waals surface area contributed by atoms with Gasteiger partial charge in [0.05, 0.1) is 17.5 Å². The lowest BCUT2D eigenvalue weighted by molar-refractivity contribution is -0.124. The maximum Gasteiger partial charge on any atom is 0.237 e. The molecule has 1 amide bonds. The van der Waals surface area contributed by atoms with Crippen molar-refractivity contribution < 1.29 is 9.53 Å². The second-order valence-electron chi connectivity index (χ2n) is 10.7. The van der Waals surface area contributed by atoms with Crippen LogP contribution in [-0.2, 0) is 4.79 Å². The Morgan fingerprint density at radius 3 is 2.38 bits per heavy atom. The summed E-state index contributed by atoms with van der Waals surface area (Å²) in [5, 5.41) is 12.2. The molecule has 2 aromatic carbocycles. The Bertz CT molecular complexity index is 1390. The highest BCUT2D eigenvalue weighted by Gasteiger charge is 2.29. The molecule has 9 heteroatoms. The van der Waals surface area contributed by atoms with Gasteiger partial charge in [0.1, 0.15) is 29.3 Å². The van der Waals surface area contributed by atoms with E-state index in [2.05, 4.69) is 34.4 Å². The van der Waals surface area contributed by atoms with Crippen molar-refractivity contribution in [1.82, 2.24) is 30.4 Å². The first-order valence-electron chi connectivity index (χ1n) is 13.7. The van der Waals surface area contributed by atoms with Crippen LogP contribution in [-0.4, -0.2) is 44.8 Å². The summed E-state index contributed by atoms with van der Waals surface area (Å²) in [6, 6.07) is 17.7. The zero-order valence-electron chi connectivity index (χ0n) is 22.8. The third kappa shape index (κ3) is 6.04. The summed E-state index contributed by atoms with van der Waals surface area (Å²) in [5.41, 5.74) is 8.76. The molecule has 0 radical (unpaired) electrons. The van der Waals surface area contributed by atoms with Gasteiger partial charge in [0, 0.05) is 11.6 Å². The topological polar surface area (TPSA) is 120 Å². The average molecular weight is 528 g/mol. The van der Waals surface area contributed by atoms with Gasteiger partial charge in [-0.1, -0.05) is 32.0 Å². The van der Waals surface area contributed by atoms with E-state index in [-0.39, 0.29) is 24.0 Å². The lowest BCUT2D eigenvalue weighted by Crippen LogP contribution is -2.48.